The number of aryl methyl sites for hydroxylation is 1. The smallest absolute Gasteiger partial charge is 0.223 e. The largest absolute Gasteiger partial charge is 0.384 e. The number of amidine groups is 1. The molecule has 0 aliphatic heterocycles. The van der Waals surface area contributed by atoms with E-state index in [1.165, 1.54) is 5.56 Å². The standard InChI is InChI=1S/C26H33N3O2/c1-18(24(30)16-13-19-11-14-21(15-12-19)25(27)28-2)29-26(31)23-10-6-9-22(17-23)20-7-4-3-5-8-20/h3-5,7-8,11-12,14-15,18,22-23H,6,9-10,13,16-17H2,1-2H3,(H2,27,28)(H,29,31)/t18-,22-,23+/m0/s1. The normalized spacial score (nSPS) is 20.1. The number of aliphatic imine (C=N–C) groups is 1. The van der Waals surface area contributed by atoms with E-state index in [9.17, 15) is 9.59 Å². The summed E-state index contributed by atoms with van der Waals surface area (Å²) in [6.45, 7) is 1.79. The Morgan fingerprint density at radius 2 is 1.81 bits per heavy atom. The van der Waals surface area contributed by atoms with Crippen LogP contribution < -0.4 is 11.1 Å². The molecule has 0 saturated heterocycles. The molecule has 3 rings (SSSR count). The van der Waals surface area contributed by atoms with Gasteiger partial charge >= 0.3 is 0 Å². The van der Waals surface area contributed by atoms with Crippen LogP contribution in [0.3, 0.4) is 0 Å². The lowest BCUT2D eigenvalue weighted by Crippen LogP contribution is -2.42. The first-order chi connectivity index (χ1) is 15.0. The van der Waals surface area contributed by atoms with Gasteiger partial charge in [0.2, 0.25) is 5.91 Å². The average molecular weight is 420 g/mol. The quantitative estimate of drug-likeness (QED) is 0.501. The van der Waals surface area contributed by atoms with Crippen LogP contribution in [0.15, 0.2) is 59.6 Å². The fourth-order valence-electron chi connectivity index (χ4n) is 4.32. The molecule has 0 heterocycles. The second kappa shape index (κ2) is 10.9. The number of ketones is 1. The van der Waals surface area contributed by atoms with Crippen molar-refractivity contribution in [1.29, 1.82) is 0 Å². The maximum Gasteiger partial charge on any atom is 0.223 e. The summed E-state index contributed by atoms with van der Waals surface area (Å²) in [5.74, 6) is 0.970. The Bertz CT molecular complexity index is 906. The molecule has 1 amide bonds. The third-order valence-electron chi connectivity index (χ3n) is 6.31. The topological polar surface area (TPSA) is 84.5 Å². The summed E-state index contributed by atoms with van der Waals surface area (Å²) in [5, 5.41) is 2.97. The Kier molecular flexibility index (Phi) is 7.99. The molecule has 0 unspecified atom stereocenters. The van der Waals surface area contributed by atoms with Gasteiger partial charge in [0.15, 0.2) is 5.78 Å². The molecule has 3 N–H and O–H groups in total. The second-order valence-electron chi connectivity index (χ2n) is 8.47. The summed E-state index contributed by atoms with van der Waals surface area (Å²) >= 11 is 0. The second-order valence-corrected chi connectivity index (χ2v) is 8.47. The Morgan fingerprint density at radius 3 is 2.48 bits per heavy atom. The highest BCUT2D eigenvalue weighted by molar-refractivity contribution is 5.97. The molecule has 1 saturated carbocycles. The van der Waals surface area contributed by atoms with Crippen molar-refractivity contribution in [2.45, 2.75) is 57.4 Å². The Morgan fingerprint density at radius 1 is 1.10 bits per heavy atom. The first-order valence-corrected chi connectivity index (χ1v) is 11.2. The van der Waals surface area contributed by atoms with Crippen molar-refractivity contribution in [3.8, 4) is 0 Å². The third-order valence-corrected chi connectivity index (χ3v) is 6.31. The third kappa shape index (κ3) is 6.27. The fraction of sp³-hybridized carbons (Fsp3) is 0.423. The van der Waals surface area contributed by atoms with Gasteiger partial charge < -0.3 is 11.1 Å². The van der Waals surface area contributed by atoms with Gasteiger partial charge in [0.1, 0.15) is 5.84 Å². The number of amides is 1. The number of Topliss-reactive ketones (excluding diaryl/α,β-unsaturated/α-hetero) is 1. The highest BCUT2D eigenvalue weighted by Crippen LogP contribution is 2.36. The summed E-state index contributed by atoms with van der Waals surface area (Å²) in [4.78, 5) is 29.4. The van der Waals surface area contributed by atoms with Crippen molar-refractivity contribution in [2.75, 3.05) is 7.05 Å². The maximum atomic E-state index is 12.8. The van der Waals surface area contributed by atoms with Crippen LogP contribution in [0.5, 0.6) is 0 Å². The highest BCUT2D eigenvalue weighted by Gasteiger charge is 2.29. The van der Waals surface area contributed by atoms with E-state index in [1.54, 1.807) is 14.0 Å². The van der Waals surface area contributed by atoms with Crippen LogP contribution >= 0.6 is 0 Å². The first kappa shape index (κ1) is 22.7. The fourth-order valence-corrected chi connectivity index (χ4v) is 4.32. The van der Waals surface area contributed by atoms with Crippen LogP contribution in [-0.2, 0) is 16.0 Å². The number of nitrogens with one attached hydrogen (secondary N) is 1. The minimum Gasteiger partial charge on any atom is -0.384 e. The van der Waals surface area contributed by atoms with Gasteiger partial charge in [-0.1, -0.05) is 61.0 Å². The lowest BCUT2D eigenvalue weighted by atomic mass is 9.77. The van der Waals surface area contributed by atoms with Crippen LogP contribution in [0.25, 0.3) is 0 Å². The van der Waals surface area contributed by atoms with E-state index in [1.807, 2.05) is 30.3 Å². The molecule has 0 radical (unpaired) electrons. The number of hydrogen-bond acceptors (Lipinski definition) is 3. The van der Waals surface area contributed by atoms with Gasteiger partial charge in [-0.05, 0) is 49.7 Å². The molecule has 164 valence electrons. The van der Waals surface area contributed by atoms with E-state index >= 15 is 0 Å². The van der Waals surface area contributed by atoms with E-state index in [2.05, 4.69) is 34.6 Å². The van der Waals surface area contributed by atoms with Crippen molar-refractivity contribution < 1.29 is 9.59 Å². The zero-order chi connectivity index (χ0) is 22.2. The van der Waals surface area contributed by atoms with E-state index in [-0.39, 0.29) is 17.6 Å². The molecule has 1 fully saturated rings. The number of carbonyl (C=O) groups excluding carboxylic acids is 2. The predicted molar refractivity (Wildman–Crippen MR) is 125 cm³/mol. The van der Waals surface area contributed by atoms with Gasteiger partial charge in [-0.25, -0.2) is 0 Å². The van der Waals surface area contributed by atoms with Gasteiger partial charge in [0.05, 0.1) is 6.04 Å². The molecular formula is C26H33N3O2. The van der Waals surface area contributed by atoms with Crippen LogP contribution in [-0.4, -0.2) is 30.6 Å². The summed E-state index contributed by atoms with van der Waals surface area (Å²) in [6.07, 6.45) is 4.96. The molecule has 0 aromatic heterocycles. The van der Waals surface area contributed by atoms with Gasteiger partial charge in [0, 0.05) is 24.9 Å². The van der Waals surface area contributed by atoms with Crippen molar-refractivity contribution in [3.63, 3.8) is 0 Å². The summed E-state index contributed by atoms with van der Waals surface area (Å²) < 4.78 is 0. The Labute approximate surface area is 185 Å². The molecular weight excluding hydrogens is 386 g/mol. The van der Waals surface area contributed by atoms with Crippen molar-refractivity contribution >= 4 is 17.5 Å². The van der Waals surface area contributed by atoms with Gasteiger partial charge in [0.25, 0.3) is 0 Å². The number of nitrogens with zero attached hydrogens (tertiary/aromatic N) is 1. The van der Waals surface area contributed by atoms with Crippen LogP contribution in [0.2, 0.25) is 0 Å². The van der Waals surface area contributed by atoms with E-state index in [0.717, 1.165) is 36.8 Å². The molecule has 31 heavy (non-hydrogen) atoms. The number of carbonyl (C=O) groups is 2. The SMILES string of the molecule is CN=C(N)c1ccc(CCC(=O)[C@H](C)NC(=O)[C@@H]2CCC[C@H](c3ccccc3)C2)cc1. The maximum absolute atomic E-state index is 12.8. The zero-order valence-corrected chi connectivity index (χ0v) is 18.5. The van der Waals surface area contributed by atoms with Crippen LogP contribution in [0.4, 0.5) is 0 Å². The molecule has 0 spiro atoms. The molecule has 5 heteroatoms. The average Bonchev–Trinajstić information content (AvgIpc) is 2.82. The molecule has 3 atom stereocenters. The molecule has 0 bridgehead atoms. The monoisotopic (exact) mass is 419 g/mol. The highest BCUT2D eigenvalue weighted by atomic mass is 16.2. The molecule has 1 aliphatic carbocycles. The Hall–Kier alpha value is -2.95. The van der Waals surface area contributed by atoms with Crippen molar-refractivity contribution in [1.82, 2.24) is 5.32 Å². The molecule has 5 nitrogen and oxygen atoms in total. The number of hydrogen-bond donors (Lipinski definition) is 2. The van der Waals surface area contributed by atoms with Gasteiger partial charge in [-0.2, -0.15) is 0 Å². The predicted octanol–water partition coefficient (Wildman–Crippen LogP) is 4.00. The minimum atomic E-state index is -0.466. The van der Waals surface area contributed by atoms with E-state index in [4.69, 9.17) is 5.73 Å². The van der Waals surface area contributed by atoms with Gasteiger partial charge in [-0.15, -0.1) is 0 Å². The summed E-state index contributed by atoms with van der Waals surface area (Å²) in [7, 11) is 1.66. The van der Waals surface area contributed by atoms with Crippen molar-refractivity contribution in [3.05, 3.63) is 71.3 Å². The van der Waals surface area contributed by atoms with E-state index in [0.29, 0.717) is 24.6 Å². The zero-order valence-electron chi connectivity index (χ0n) is 18.5. The van der Waals surface area contributed by atoms with Gasteiger partial charge in [-0.3, -0.25) is 14.6 Å². The van der Waals surface area contributed by atoms with Crippen LogP contribution in [0, 0.1) is 5.92 Å². The summed E-state index contributed by atoms with van der Waals surface area (Å²) in [5.41, 5.74) is 9.06. The Balaban J connectivity index is 1.48. The number of benzene rings is 2. The van der Waals surface area contributed by atoms with E-state index < -0.39 is 6.04 Å². The molecule has 2 aromatic carbocycles. The lowest BCUT2D eigenvalue weighted by Gasteiger charge is -2.29. The lowest BCUT2D eigenvalue weighted by molar-refractivity contribution is -0.130. The van der Waals surface area contributed by atoms with Crippen LogP contribution in [0.1, 0.15) is 61.6 Å². The summed E-state index contributed by atoms with van der Waals surface area (Å²) in [6, 6.07) is 17.7. The molecule has 2 aromatic rings. The number of rotatable bonds is 8. The number of nitrogens with two attached hydrogens (primary N) is 1. The molecule has 1 aliphatic rings. The minimum absolute atomic E-state index is 0.0140. The first-order valence-electron chi connectivity index (χ1n) is 11.2. The van der Waals surface area contributed by atoms with Crippen molar-refractivity contribution in [2.24, 2.45) is 16.6 Å².